The molecule has 45 heavy (non-hydrogen) atoms. The fourth-order valence-corrected chi connectivity index (χ4v) is 7.58. The lowest BCUT2D eigenvalue weighted by Crippen LogP contribution is -2.02. The fourth-order valence-electron chi connectivity index (χ4n) is 6.83. The molecule has 5 N–H and O–H groups in total. The zero-order chi connectivity index (χ0) is 32.2. The number of phenolic OH excluding ortho intramolecular Hbond substituents is 5. The fraction of sp³-hybridized carbons (Fsp3) is 0.231. The molecule has 0 fully saturated rings. The largest absolute Gasteiger partial charge is 0.507 e. The summed E-state index contributed by atoms with van der Waals surface area (Å²) >= 11 is 2.24. The molecule has 230 valence electrons. The highest BCUT2D eigenvalue weighted by molar-refractivity contribution is 14.1. The molecule has 0 aromatic heterocycles. The van der Waals surface area contributed by atoms with Gasteiger partial charge in [-0.3, -0.25) is 0 Å². The first kappa shape index (κ1) is 30.8. The van der Waals surface area contributed by atoms with Crippen LogP contribution in [0.1, 0.15) is 77.9 Å². The summed E-state index contributed by atoms with van der Waals surface area (Å²) in [6.45, 7) is 7.90. The first-order chi connectivity index (χ1) is 21.4. The minimum Gasteiger partial charge on any atom is -0.507 e. The van der Waals surface area contributed by atoms with Crippen molar-refractivity contribution in [2.75, 3.05) is 0 Å². The van der Waals surface area contributed by atoms with E-state index in [-0.39, 0.29) is 28.7 Å². The Kier molecular flexibility index (Phi) is 8.20. The summed E-state index contributed by atoms with van der Waals surface area (Å²) in [7, 11) is 0. The van der Waals surface area contributed by atoms with Crippen LogP contribution in [0.25, 0.3) is 0 Å². The molecule has 0 amide bonds. The van der Waals surface area contributed by atoms with Crippen LogP contribution in [0.4, 0.5) is 0 Å². The first-order valence-electron chi connectivity index (χ1n) is 15.1. The van der Waals surface area contributed by atoms with Crippen LogP contribution >= 0.6 is 22.6 Å². The lowest BCUT2D eigenvalue weighted by molar-refractivity contribution is 0.450. The van der Waals surface area contributed by atoms with Crippen molar-refractivity contribution < 1.29 is 25.5 Å². The van der Waals surface area contributed by atoms with Crippen LogP contribution in [0.2, 0.25) is 0 Å². The van der Waals surface area contributed by atoms with E-state index in [0.717, 1.165) is 25.8 Å². The number of aryl methyl sites for hydroxylation is 4. The van der Waals surface area contributed by atoms with Gasteiger partial charge in [0.2, 0.25) is 0 Å². The molecule has 0 aliphatic heterocycles. The summed E-state index contributed by atoms with van der Waals surface area (Å²) in [5.74, 6) is 0.691. The van der Waals surface area contributed by atoms with Gasteiger partial charge < -0.3 is 25.5 Å². The summed E-state index contributed by atoms with van der Waals surface area (Å²) in [6.07, 6.45) is 1.61. The van der Waals surface area contributed by atoms with Gasteiger partial charge >= 0.3 is 0 Å². The summed E-state index contributed by atoms with van der Waals surface area (Å²) in [5.41, 5.74) is 10.7. The Morgan fingerprint density at radius 1 is 0.333 bits per heavy atom. The molecule has 5 aromatic carbocycles. The van der Waals surface area contributed by atoms with Crippen LogP contribution in [0.3, 0.4) is 0 Å². The number of halogens is 1. The Bertz CT molecular complexity index is 1540. The second-order valence-corrected chi connectivity index (χ2v) is 13.9. The Morgan fingerprint density at radius 2 is 0.489 bits per heavy atom. The van der Waals surface area contributed by atoms with E-state index in [1.165, 1.54) is 0 Å². The van der Waals surface area contributed by atoms with Crippen LogP contribution in [-0.2, 0) is 32.1 Å². The maximum Gasteiger partial charge on any atom is 0.122 e. The second kappa shape index (κ2) is 12.0. The van der Waals surface area contributed by atoms with Crippen molar-refractivity contribution in [2.45, 2.75) is 59.8 Å². The van der Waals surface area contributed by atoms with E-state index in [1.807, 2.05) is 88.4 Å². The lowest BCUT2D eigenvalue weighted by Gasteiger charge is -2.19. The van der Waals surface area contributed by atoms with Crippen molar-refractivity contribution >= 4 is 22.6 Å². The molecule has 1 aliphatic carbocycles. The number of phenols is 5. The molecule has 10 bridgehead atoms. The maximum atomic E-state index is 11.5. The smallest absolute Gasteiger partial charge is 0.122 e. The van der Waals surface area contributed by atoms with Gasteiger partial charge in [-0.2, -0.15) is 0 Å². The number of benzene rings is 5. The summed E-state index contributed by atoms with van der Waals surface area (Å²) in [4.78, 5) is 0. The Balaban J connectivity index is 1.60. The predicted octanol–water partition coefficient (Wildman–Crippen LogP) is 8.32. The van der Waals surface area contributed by atoms with Gasteiger partial charge in [0, 0.05) is 35.7 Å². The van der Waals surface area contributed by atoms with Crippen molar-refractivity contribution in [2.24, 2.45) is 0 Å². The summed E-state index contributed by atoms with van der Waals surface area (Å²) in [6, 6.07) is 19.3. The molecule has 0 unspecified atom stereocenters. The van der Waals surface area contributed by atoms with Gasteiger partial charge in [-0.25, -0.2) is 0 Å². The van der Waals surface area contributed by atoms with Crippen molar-refractivity contribution in [3.8, 4) is 28.7 Å². The Morgan fingerprint density at radius 3 is 0.667 bits per heavy atom. The quantitative estimate of drug-likeness (QED) is 0.102. The van der Waals surface area contributed by atoms with E-state index in [2.05, 4.69) is 22.6 Å². The van der Waals surface area contributed by atoms with Gasteiger partial charge in [-0.05, 0) is 118 Å². The number of aromatic hydroxyl groups is 5. The zero-order valence-corrected chi connectivity index (χ0v) is 28.1. The molecule has 6 rings (SSSR count). The molecular formula is C39H37IO5. The van der Waals surface area contributed by atoms with Crippen molar-refractivity contribution in [3.63, 3.8) is 0 Å². The molecule has 0 saturated carbocycles. The lowest BCUT2D eigenvalue weighted by atomic mass is 9.89. The van der Waals surface area contributed by atoms with E-state index < -0.39 is 0 Å². The van der Waals surface area contributed by atoms with E-state index in [0.29, 0.717) is 87.7 Å². The topological polar surface area (TPSA) is 101 Å². The van der Waals surface area contributed by atoms with Gasteiger partial charge in [0.25, 0.3) is 0 Å². The molecule has 5 nitrogen and oxygen atoms in total. The molecule has 0 spiro atoms. The molecule has 0 radical (unpaired) electrons. The van der Waals surface area contributed by atoms with Gasteiger partial charge in [0.05, 0.1) is 0 Å². The SMILES string of the molecule is Cc1cc2c(O)c(c1)Cc1cc(C)cc(c1O)Cc1cc(I)cc(c1O)Cc1cc(C)cc(c1O)Cc1cc(C)cc(c1O)C2. The average Bonchev–Trinajstić information content (AvgIpc) is 2.96. The van der Waals surface area contributed by atoms with Gasteiger partial charge in [0.1, 0.15) is 28.7 Å². The minimum absolute atomic E-state index is 0.136. The average molecular weight is 713 g/mol. The van der Waals surface area contributed by atoms with Crippen LogP contribution in [-0.4, -0.2) is 25.5 Å². The van der Waals surface area contributed by atoms with E-state index in [1.54, 1.807) is 0 Å². The number of hydrogen-bond donors (Lipinski definition) is 5. The molecule has 0 saturated heterocycles. The highest BCUT2D eigenvalue weighted by atomic mass is 127. The zero-order valence-electron chi connectivity index (χ0n) is 25.9. The predicted molar refractivity (Wildman–Crippen MR) is 186 cm³/mol. The summed E-state index contributed by atoms with van der Waals surface area (Å²) < 4.78 is 0.937. The van der Waals surface area contributed by atoms with Gasteiger partial charge in [-0.1, -0.05) is 70.8 Å². The highest BCUT2D eigenvalue weighted by Gasteiger charge is 2.21. The monoisotopic (exact) mass is 712 g/mol. The summed E-state index contributed by atoms with van der Waals surface area (Å²) in [5, 5.41) is 57.5. The molecule has 0 heterocycles. The van der Waals surface area contributed by atoms with Crippen molar-refractivity contribution in [1.82, 2.24) is 0 Å². The molecule has 1 aliphatic rings. The van der Waals surface area contributed by atoms with Crippen LogP contribution in [0, 0.1) is 31.3 Å². The number of rotatable bonds is 0. The number of fused-ring (bicyclic) bond motifs is 10. The van der Waals surface area contributed by atoms with Crippen molar-refractivity contribution in [1.29, 1.82) is 0 Å². The molecular weight excluding hydrogens is 675 g/mol. The van der Waals surface area contributed by atoms with Crippen LogP contribution < -0.4 is 0 Å². The third kappa shape index (κ3) is 6.21. The third-order valence-electron chi connectivity index (χ3n) is 8.79. The minimum atomic E-state index is 0.136. The normalized spacial score (nSPS) is 13.0. The molecule has 0 atom stereocenters. The molecule has 6 heteroatoms. The van der Waals surface area contributed by atoms with Crippen LogP contribution in [0.15, 0.2) is 60.7 Å². The van der Waals surface area contributed by atoms with Gasteiger partial charge in [0.15, 0.2) is 0 Å². The maximum absolute atomic E-state index is 11.5. The third-order valence-corrected chi connectivity index (χ3v) is 9.41. The van der Waals surface area contributed by atoms with Gasteiger partial charge in [-0.15, -0.1) is 0 Å². The first-order valence-corrected chi connectivity index (χ1v) is 16.2. The molecule has 5 aromatic rings. The second-order valence-electron chi connectivity index (χ2n) is 12.7. The van der Waals surface area contributed by atoms with Crippen molar-refractivity contribution in [3.05, 3.63) is 142 Å². The van der Waals surface area contributed by atoms with E-state index in [4.69, 9.17) is 0 Å². The Labute approximate surface area is 277 Å². The highest BCUT2D eigenvalue weighted by Crippen LogP contribution is 2.39. The Hall–Kier alpha value is -4.17. The standard InChI is InChI=1S/C39H37IO5/c1-20-5-24-13-25-6-21(2)8-27(36(25)42)15-29-10-23(4)12-31(38(29)44)17-33-19-34(40)18-32(39(33)45)16-30-11-22(3)9-28(37(30)43)14-26(7-20)35(24)41/h5-12,18-19,41-45H,13-17H2,1-4H3. The van der Waals surface area contributed by atoms with E-state index >= 15 is 0 Å². The van der Waals surface area contributed by atoms with Crippen LogP contribution in [0.5, 0.6) is 28.7 Å². The number of hydrogen-bond acceptors (Lipinski definition) is 5. The van der Waals surface area contributed by atoms with E-state index in [9.17, 15) is 25.5 Å².